The predicted octanol–water partition coefficient (Wildman–Crippen LogP) is 1.72. The average Bonchev–Trinajstić information content (AvgIpc) is 2.29. The molecular formula is C7H5ClN2OS. The Morgan fingerprint density at radius 2 is 2.42 bits per heavy atom. The largest absolute Gasteiger partial charge is 0.269 e. The van der Waals surface area contributed by atoms with Crippen molar-refractivity contribution in [2.45, 2.75) is 6.92 Å². The molecule has 0 saturated carbocycles. The number of hydrogen-bond donors (Lipinski definition) is 0. The second kappa shape index (κ2) is 2.57. The van der Waals surface area contributed by atoms with Gasteiger partial charge >= 0.3 is 0 Å². The Hall–Kier alpha value is -0.870. The second-order valence-corrected chi connectivity index (χ2v) is 4.01. The van der Waals surface area contributed by atoms with Crippen LogP contribution >= 0.6 is 22.9 Å². The van der Waals surface area contributed by atoms with Crippen molar-refractivity contribution in [3.8, 4) is 0 Å². The monoisotopic (exact) mass is 200 g/mol. The first-order valence-corrected chi connectivity index (χ1v) is 4.51. The molecule has 2 rings (SSSR count). The summed E-state index contributed by atoms with van der Waals surface area (Å²) in [6, 6.07) is 1.31. The van der Waals surface area contributed by atoms with E-state index >= 15 is 0 Å². The summed E-state index contributed by atoms with van der Waals surface area (Å²) in [7, 11) is 0. The van der Waals surface area contributed by atoms with Gasteiger partial charge in [-0.3, -0.25) is 9.20 Å². The lowest BCUT2D eigenvalue weighted by Gasteiger charge is -1.89. The normalized spacial score (nSPS) is 10.8. The number of hydrogen-bond acceptors (Lipinski definition) is 3. The van der Waals surface area contributed by atoms with Crippen LogP contribution in [0, 0.1) is 6.92 Å². The minimum absolute atomic E-state index is 0.130. The minimum atomic E-state index is -0.130. The molecule has 2 aromatic heterocycles. The third-order valence-electron chi connectivity index (χ3n) is 1.45. The van der Waals surface area contributed by atoms with Gasteiger partial charge in [-0.15, -0.1) is 11.3 Å². The SMILES string of the molecule is Cc1cn2c(=O)cc(Cl)nc2s1. The summed E-state index contributed by atoms with van der Waals surface area (Å²) in [6.07, 6.45) is 1.76. The van der Waals surface area contributed by atoms with Gasteiger partial charge in [0.2, 0.25) is 0 Å². The summed E-state index contributed by atoms with van der Waals surface area (Å²) >= 11 is 7.06. The zero-order chi connectivity index (χ0) is 8.72. The van der Waals surface area contributed by atoms with Crippen LogP contribution in [0.5, 0.6) is 0 Å². The number of aryl methyl sites for hydroxylation is 1. The molecule has 0 N–H and O–H groups in total. The molecule has 0 bridgehead atoms. The van der Waals surface area contributed by atoms with Gasteiger partial charge in [-0.05, 0) is 6.92 Å². The molecule has 0 aromatic carbocycles. The molecule has 5 heteroatoms. The summed E-state index contributed by atoms with van der Waals surface area (Å²) < 4.78 is 1.49. The molecule has 0 unspecified atom stereocenters. The molecule has 0 amide bonds. The number of rotatable bonds is 0. The van der Waals surface area contributed by atoms with E-state index < -0.39 is 0 Å². The first-order chi connectivity index (χ1) is 5.66. The maximum absolute atomic E-state index is 11.3. The van der Waals surface area contributed by atoms with E-state index in [1.807, 2.05) is 6.92 Å². The Morgan fingerprint density at radius 3 is 3.17 bits per heavy atom. The fourth-order valence-corrected chi connectivity index (χ4v) is 2.04. The van der Waals surface area contributed by atoms with Crippen LogP contribution in [-0.4, -0.2) is 9.38 Å². The van der Waals surface area contributed by atoms with Gasteiger partial charge in [0.05, 0.1) is 0 Å². The van der Waals surface area contributed by atoms with Crippen molar-refractivity contribution in [1.29, 1.82) is 0 Å². The summed E-state index contributed by atoms with van der Waals surface area (Å²) in [4.78, 5) is 16.9. The van der Waals surface area contributed by atoms with Crippen LogP contribution in [0.25, 0.3) is 4.96 Å². The van der Waals surface area contributed by atoms with E-state index in [0.29, 0.717) is 4.96 Å². The molecule has 2 aromatic rings. The molecule has 0 aliphatic carbocycles. The van der Waals surface area contributed by atoms with Crippen molar-refractivity contribution in [1.82, 2.24) is 9.38 Å². The van der Waals surface area contributed by atoms with Crippen molar-refractivity contribution in [2.24, 2.45) is 0 Å². The van der Waals surface area contributed by atoms with Crippen molar-refractivity contribution < 1.29 is 0 Å². The number of fused-ring (bicyclic) bond motifs is 1. The zero-order valence-corrected chi connectivity index (χ0v) is 7.82. The lowest BCUT2D eigenvalue weighted by atomic mass is 10.6. The highest BCUT2D eigenvalue weighted by Crippen LogP contribution is 2.14. The number of aromatic nitrogens is 2. The van der Waals surface area contributed by atoms with Gasteiger partial charge in [0.1, 0.15) is 5.15 Å². The maximum atomic E-state index is 11.3. The lowest BCUT2D eigenvalue weighted by Crippen LogP contribution is -2.10. The van der Waals surface area contributed by atoms with Gasteiger partial charge in [0.25, 0.3) is 5.56 Å². The topological polar surface area (TPSA) is 34.4 Å². The highest BCUT2D eigenvalue weighted by Gasteiger charge is 2.02. The maximum Gasteiger partial charge on any atom is 0.259 e. The smallest absolute Gasteiger partial charge is 0.259 e. The molecule has 0 fully saturated rings. The molecule has 0 radical (unpaired) electrons. The van der Waals surface area contributed by atoms with Gasteiger partial charge in [0, 0.05) is 17.1 Å². The molecule has 0 atom stereocenters. The van der Waals surface area contributed by atoms with E-state index in [9.17, 15) is 4.79 Å². The second-order valence-electron chi connectivity index (χ2n) is 2.41. The number of halogens is 1. The van der Waals surface area contributed by atoms with Crippen LogP contribution in [0.1, 0.15) is 4.88 Å². The summed E-state index contributed by atoms with van der Waals surface area (Å²) in [5, 5.41) is 0.252. The van der Waals surface area contributed by atoms with E-state index in [-0.39, 0.29) is 10.7 Å². The molecule has 0 saturated heterocycles. The van der Waals surface area contributed by atoms with Crippen molar-refractivity contribution in [3.05, 3.63) is 32.6 Å². The molecule has 3 nitrogen and oxygen atoms in total. The molecule has 62 valence electrons. The molecular weight excluding hydrogens is 196 g/mol. The fourth-order valence-electron chi connectivity index (χ4n) is 0.986. The average molecular weight is 201 g/mol. The molecule has 0 aliphatic heterocycles. The molecule has 0 spiro atoms. The van der Waals surface area contributed by atoms with E-state index in [1.165, 1.54) is 21.8 Å². The van der Waals surface area contributed by atoms with Crippen molar-refractivity contribution in [2.75, 3.05) is 0 Å². The Bertz CT molecular complexity index is 488. The van der Waals surface area contributed by atoms with Gasteiger partial charge in [-0.1, -0.05) is 11.6 Å². The Kier molecular flexibility index (Phi) is 1.66. The van der Waals surface area contributed by atoms with Crippen molar-refractivity contribution >= 4 is 27.9 Å². The third kappa shape index (κ3) is 1.13. The van der Waals surface area contributed by atoms with Crippen LogP contribution in [-0.2, 0) is 0 Å². The van der Waals surface area contributed by atoms with E-state index in [4.69, 9.17) is 11.6 Å². The predicted molar refractivity (Wildman–Crippen MR) is 49.1 cm³/mol. The van der Waals surface area contributed by atoms with Crippen LogP contribution in [0.4, 0.5) is 0 Å². The van der Waals surface area contributed by atoms with Crippen LogP contribution in [0.2, 0.25) is 5.15 Å². The lowest BCUT2D eigenvalue weighted by molar-refractivity contribution is 1.07. The van der Waals surface area contributed by atoms with Crippen LogP contribution in [0.15, 0.2) is 17.1 Å². The van der Waals surface area contributed by atoms with E-state index in [1.54, 1.807) is 6.20 Å². The zero-order valence-electron chi connectivity index (χ0n) is 6.24. The number of nitrogens with zero attached hydrogens (tertiary/aromatic N) is 2. The summed E-state index contributed by atoms with van der Waals surface area (Å²) in [6.45, 7) is 1.92. The summed E-state index contributed by atoms with van der Waals surface area (Å²) in [5.74, 6) is 0. The number of thiazole rings is 1. The van der Waals surface area contributed by atoms with Gasteiger partial charge in [-0.25, -0.2) is 4.98 Å². The first kappa shape index (κ1) is 7.76. The standard InChI is InChI=1S/C7H5ClN2OS/c1-4-3-10-6(11)2-5(8)9-7(10)12-4/h2-3H,1H3. The van der Waals surface area contributed by atoms with E-state index in [2.05, 4.69) is 4.98 Å². The quantitative estimate of drug-likeness (QED) is 0.607. The highest BCUT2D eigenvalue weighted by atomic mass is 35.5. The molecule has 12 heavy (non-hydrogen) atoms. The van der Waals surface area contributed by atoms with Crippen molar-refractivity contribution in [3.63, 3.8) is 0 Å². The molecule has 2 heterocycles. The van der Waals surface area contributed by atoms with Crippen LogP contribution in [0.3, 0.4) is 0 Å². The summed E-state index contributed by atoms with van der Waals surface area (Å²) in [5.41, 5.74) is -0.130. The van der Waals surface area contributed by atoms with E-state index in [0.717, 1.165) is 4.88 Å². The Balaban J connectivity index is 2.98. The Morgan fingerprint density at radius 1 is 1.67 bits per heavy atom. The van der Waals surface area contributed by atoms with Crippen LogP contribution < -0.4 is 5.56 Å². The first-order valence-electron chi connectivity index (χ1n) is 3.32. The van der Waals surface area contributed by atoms with Gasteiger partial charge in [-0.2, -0.15) is 0 Å². The third-order valence-corrected chi connectivity index (χ3v) is 2.54. The fraction of sp³-hybridized carbons (Fsp3) is 0.143. The van der Waals surface area contributed by atoms with Gasteiger partial charge in [0.15, 0.2) is 4.96 Å². The highest BCUT2D eigenvalue weighted by molar-refractivity contribution is 7.16. The Labute approximate surface area is 77.2 Å². The van der Waals surface area contributed by atoms with Gasteiger partial charge < -0.3 is 0 Å². The molecule has 0 aliphatic rings. The minimum Gasteiger partial charge on any atom is -0.269 e.